The molecule has 87 valence electrons. The second-order valence-electron chi connectivity index (χ2n) is 3.84. The van der Waals surface area contributed by atoms with Gasteiger partial charge in [-0.3, -0.25) is 0 Å². The molecule has 2 rings (SSSR count). The minimum atomic E-state index is 0.814. The van der Waals surface area contributed by atoms with Crippen LogP contribution in [-0.4, -0.2) is 33.3 Å². The molecule has 3 heteroatoms. The molecule has 0 aliphatic heterocycles. The summed E-state index contributed by atoms with van der Waals surface area (Å²) in [6.07, 6.45) is 1.93. The number of aromatic nitrogens is 1. The standard InChI is InChI=1S/C14H15N2Se/c1-3-15-10-12-9-13(16(2)14(12)17)11-7-5-4-6-8-11/h4-10H,3H2,1-2H3. The summed E-state index contributed by atoms with van der Waals surface area (Å²) in [5.41, 5.74) is 3.58. The van der Waals surface area contributed by atoms with E-state index in [9.17, 15) is 0 Å². The predicted molar refractivity (Wildman–Crippen MR) is 74.4 cm³/mol. The molecule has 0 amide bonds. The van der Waals surface area contributed by atoms with Crippen LogP contribution in [-0.2, 0) is 7.05 Å². The van der Waals surface area contributed by atoms with Gasteiger partial charge in [-0.05, 0) is 0 Å². The Labute approximate surface area is 110 Å². The molecule has 0 aliphatic rings. The van der Waals surface area contributed by atoms with E-state index in [0.29, 0.717) is 0 Å². The molecule has 0 bridgehead atoms. The fraction of sp³-hybridized carbons (Fsp3) is 0.214. The topological polar surface area (TPSA) is 17.3 Å². The van der Waals surface area contributed by atoms with Gasteiger partial charge in [0.25, 0.3) is 0 Å². The van der Waals surface area contributed by atoms with Crippen molar-refractivity contribution in [3.63, 3.8) is 0 Å². The third-order valence-corrected chi connectivity index (χ3v) is 3.76. The van der Waals surface area contributed by atoms with Crippen molar-refractivity contribution < 1.29 is 0 Å². The van der Waals surface area contributed by atoms with Gasteiger partial charge in [-0.15, -0.1) is 0 Å². The summed E-state index contributed by atoms with van der Waals surface area (Å²) in [5.74, 6) is 0. The summed E-state index contributed by atoms with van der Waals surface area (Å²) in [4.78, 5) is 4.29. The van der Waals surface area contributed by atoms with Crippen LogP contribution in [0, 0.1) is 0 Å². The third-order valence-electron chi connectivity index (χ3n) is 2.69. The van der Waals surface area contributed by atoms with Gasteiger partial charge in [0.2, 0.25) is 0 Å². The molecular formula is C14H15N2Se. The van der Waals surface area contributed by atoms with E-state index in [0.717, 1.165) is 16.7 Å². The van der Waals surface area contributed by atoms with Gasteiger partial charge in [-0.25, -0.2) is 0 Å². The van der Waals surface area contributed by atoms with Gasteiger partial charge in [0, 0.05) is 0 Å². The molecule has 0 spiro atoms. The summed E-state index contributed by atoms with van der Waals surface area (Å²) < 4.78 is 3.29. The van der Waals surface area contributed by atoms with Gasteiger partial charge >= 0.3 is 110 Å². The van der Waals surface area contributed by atoms with E-state index in [1.165, 1.54) is 11.3 Å². The molecule has 1 radical (unpaired) electrons. The van der Waals surface area contributed by atoms with E-state index < -0.39 is 0 Å². The second kappa shape index (κ2) is 5.35. The number of nitrogens with zero attached hydrogens (tertiary/aromatic N) is 2. The van der Waals surface area contributed by atoms with Crippen molar-refractivity contribution in [3.05, 3.63) is 42.0 Å². The van der Waals surface area contributed by atoms with Crippen LogP contribution >= 0.6 is 0 Å². The molecule has 0 atom stereocenters. The molecular weight excluding hydrogens is 275 g/mol. The van der Waals surface area contributed by atoms with Gasteiger partial charge < -0.3 is 0 Å². The molecule has 2 nitrogen and oxygen atoms in total. The van der Waals surface area contributed by atoms with Crippen molar-refractivity contribution in [2.24, 2.45) is 12.0 Å². The Bertz CT molecular complexity index is 527. The number of hydrogen-bond donors (Lipinski definition) is 0. The molecule has 0 unspecified atom stereocenters. The van der Waals surface area contributed by atoms with E-state index in [1.807, 2.05) is 19.2 Å². The van der Waals surface area contributed by atoms with E-state index in [-0.39, 0.29) is 0 Å². The average Bonchev–Trinajstić information content (AvgIpc) is 2.65. The monoisotopic (exact) mass is 291 g/mol. The number of hydrogen-bond acceptors (Lipinski definition) is 1. The van der Waals surface area contributed by atoms with Crippen molar-refractivity contribution in [1.82, 2.24) is 4.57 Å². The molecule has 1 heterocycles. The second-order valence-corrected chi connectivity index (χ2v) is 4.65. The number of aliphatic imine (C=N–C) groups is 1. The SMILES string of the molecule is CCN=Cc1cc(-c2ccccc2)n(C)c1[Se]. The first-order valence-electron chi connectivity index (χ1n) is 5.66. The third kappa shape index (κ3) is 2.51. The molecule has 17 heavy (non-hydrogen) atoms. The molecule has 0 fully saturated rings. The molecule has 0 N–H and O–H groups in total. The van der Waals surface area contributed by atoms with Gasteiger partial charge in [-0.2, -0.15) is 0 Å². The summed E-state index contributed by atoms with van der Waals surface area (Å²) in [6.45, 7) is 2.85. The Morgan fingerprint density at radius 3 is 2.65 bits per heavy atom. The van der Waals surface area contributed by atoms with Crippen LogP contribution in [0.25, 0.3) is 11.3 Å². The van der Waals surface area contributed by atoms with Gasteiger partial charge in [0.05, 0.1) is 0 Å². The van der Waals surface area contributed by atoms with Crippen LogP contribution in [0.4, 0.5) is 0 Å². The summed E-state index contributed by atoms with van der Waals surface area (Å²) >= 11 is 3.11. The van der Waals surface area contributed by atoms with Crippen LogP contribution in [0.3, 0.4) is 0 Å². The predicted octanol–water partition coefficient (Wildman–Crippen LogP) is 1.92. The maximum absolute atomic E-state index is 4.29. The number of rotatable bonds is 3. The molecule has 0 aliphatic carbocycles. The van der Waals surface area contributed by atoms with Crippen molar-refractivity contribution in [1.29, 1.82) is 0 Å². The van der Waals surface area contributed by atoms with Crippen molar-refractivity contribution in [2.75, 3.05) is 6.54 Å². The Balaban J connectivity index is 2.47. The number of benzene rings is 1. The van der Waals surface area contributed by atoms with Crippen LogP contribution < -0.4 is 4.59 Å². The average molecular weight is 290 g/mol. The Kier molecular flexibility index (Phi) is 3.82. The first kappa shape index (κ1) is 12.2. The molecule has 1 aromatic carbocycles. The molecule has 0 saturated heterocycles. The summed E-state index contributed by atoms with van der Waals surface area (Å²) in [5, 5.41) is 0. The van der Waals surface area contributed by atoms with Gasteiger partial charge in [0.1, 0.15) is 0 Å². The summed E-state index contributed by atoms with van der Waals surface area (Å²) in [7, 11) is 2.07. The van der Waals surface area contributed by atoms with Crippen LogP contribution in [0.5, 0.6) is 0 Å². The molecule has 0 saturated carbocycles. The quantitative estimate of drug-likeness (QED) is 0.607. The zero-order chi connectivity index (χ0) is 12.3. The van der Waals surface area contributed by atoms with Crippen LogP contribution in [0.1, 0.15) is 12.5 Å². The van der Waals surface area contributed by atoms with Crippen molar-refractivity contribution in [2.45, 2.75) is 6.92 Å². The van der Waals surface area contributed by atoms with Crippen molar-refractivity contribution in [3.8, 4) is 11.3 Å². The minimum absolute atomic E-state index is 0.814. The zero-order valence-corrected chi connectivity index (χ0v) is 11.8. The fourth-order valence-corrected chi connectivity index (χ4v) is 2.22. The molecule has 2 aromatic rings. The first-order chi connectivity index (χ1) is 8.24. The Hall–Kier alpha value is -1.31. The zero-order valence-electron chi connectivity index (χ0n) is 10.1. The summed E-state index contributed by atoms with van der Waals surface area (Å²) in [6, 6.07) is 12.6. The van der Waals surface area contributed by atoms with Gasteiger partial charge in [-0.1, -0.05) is 0 Å². The first-order valence-corrected chi connectivity index (χ1v) is 6.51. The van der Waals surface area contributed by atoms with Crippen molar-refractivity contribution >= 4 is 26.8 Å². The fourth-order valence-electron chi connectivity index (χ4n) is 1.78. The normalized spacial score (nSPS) is 11.2. The Morgan fingerprint density at radius 1 is 1.29 bits per heavy atom. The van der Waals surface area contributed by atoms with E-state index in [2.05, 4.69) is 63.0 Å². The van der Waals surface area contributed by atoms with Gasteiger partial charge in [0.15, 0.2) is 0 Å². The van der Waals surface area contributed by atoms with Crippen LogP contribution in [0.15, 0.2) is 41.4 Å². The Morgan fingerprint density at radius 2 is 2.00 bits per heavy atom. The van der Waals surface area contributed by atoms with Crippen LogP contribution in [0.2, 0.25) is 0 Å². The molecule has 1 aromatic heterocycles. The van der Waals surface area contributed by atoms with E-state index >= 15 is 0 Å². The van der Waals surface area contributed by atoms with E-state index in [4.69, 9.17) is 0 Å². The maximum atomic E-state index is 4.29. The van der Waals surface area contributed by atoms with E-state index in [1.54, 1.807) is 0 Å².